The van der Waals surface area contributed by atoms with Crippen molar-refractivity contribution in [1.82, 2.24) is 19.9 Å². The molecule has 2 aromatic heterocycles. The molecule has 0 bridgehead atoms. The minimum absolute atomic E-state index is 0.0440. The first-order valence-electron chi connectivity index (χ1n) is 10.6. The Kier molecular flexibility index (Phi) is 9.42. The SMILES string of the molecule is CCC1C[C@@H](F)CN1CC.COc1nc(Cl)c(C#N)c(N(C)[C@H](C)c2cccnc2N)n1. The first-order valence-corrected chi connectivity index (χ1v) is 11.0. The molecule has 0 saturated carbocycles. The van der Waals surface area contributed by atoms with E-state index in [-0.39, 0.29) is 22.8 Å². The first kappa shape index (κ1) is 25.6. The summed E-state index contributed by atoms with van der Waals surface area (Å²) in [4.78, 5) is 16.2. The number of nitrogens with two attached hydrogens (primary N) is 1. The molecule has 0 aliphatic carbocycles. The number of hydrogen-bond donors (Lipinski definition) is 1. The van der Waals surface area contributed by atoms with Crippen molar-refractivity contribution in [1.29, 1.82) is 5.26 Å². The van der Waals surface area contributed by atoms with E-state index in [1.165, 1.54) is 7.11 Å². The molecule has 1 aliphatic rings. The van der Waals surface area contributed by atoms with E-state index in [9.17, 15) is 9.65 Å². The quantitative estimate of drug-likeness (QED) is 0.640. The van der Waals surface area contributed by atoms with E-state index < -0.39 is 6.17 Å². The molecule has 32 heavy (non-hydrogen) atoms. The van der Waals surface area contributed by atoms with E-state index >= 15 is 0 Å². The van der Waals surface area contributed by atoms with Crippen LogP contribution in [-0.2, 0) is 0 Å². The Balaban J connectivity index is 0.000000303. The van der Waals surface area contributed by atoms with Gasteiger partial charge in [0.25, 0.3) is 0 Å². The predicted molar refractivity (Wildman–Crippen MR) is 125 cm³/mol. The lowest BCUT2D eigenvalue weighted by Gasteiger charge is -2.27. The number of halogens is 2. The van der Waals surface area contributed by atoms with E-state index in [1.807, 2.05) is 19.1 Å². The Bertz CT molecular complexity index is 927. The fraction of sp³-hybridized carbons (Fsp3) is 0.545. The van der Waals surface area contributed by atoms with Crippen molar-refractivity contribution in [3.63, 3.8) is 0 Å². The molecule has 8 nitrogen and oxygen atoms in total. The third-order valence-corrected chi connectivity index (χ3v) is 5.98. The largest absolute Gasteiger partial charge is 0.467 e. The lowest BCUT2D eigenvalue weighted by molar-refractivity contribution is 0.251. The Labute approximate surface area is 194 Å². The van der Waals surface area contributed by atoms with Gasteiger partial charge in [0.15, 0.2) is 11.0 Å². The van der Waals surface area contributed by atoms with Gasteiger partial charge in [-0.25, -0.2) is 9.37 Å². The molecule has 3 rings (SSSR count). The number of pyridine rings is 1. The highest BCUT2D eigenvalue weighted by molar-refractivity contribution is 6.30. The van der Waals surface area contributed by atoms with Crippen molar-refractivity contribution in [3.8, 4) is 12.1 Å². The minimum Gasteiger partial charge on any atom is -0.467 e. The van der Waals surface area contributed by atoms with E-state index in [2.05, 4.69) is 33.7 Å². The van der Waals surface area contributed by atoms with Crippen LogP contribution in [0, 0.1) is 11.3 Å². The number of nitrogen functional groups attached to an aromatic ring is 1. The molecule has 10 heteroatoms. The monoisotopic (exact) mass is 463 g/mol. The standard InChI is InChI=1S/C14H15ClN6O.C8H16FN/c1-8(9-5-4-6-18-12(9)17)21(2)13-10(7-16)11(15)19-14(20-13)22-3;1-3-8-5-7(9)6-10(8)4-2/h4-6,8H,1-3H3,(H2,17,18);7-8H,3-6H2,1-2H3/t8-;7-,8?/m11/s1. The van der Waals surface area contributed by atoms with Gasteiger partial charge in [0.05, 0.1) is 13.2 Å². The van der Waals surface area contributed by atoms with Crippen molar-refractivity contribution in [2.45, 2.75) is 51.9 Å². The summed E-state index contributed by atoms with van der Waals surface area (Å²) in [6, 6.07) is 6.13. The summed E-state index contributed by atoms with van der Waals surface area (Å²) >= 11 is 6.02. The maximum absolute atomic E-state index is 12.8. The van der Waals surface area contributed by atoms with Crippen LogP contribution in [0.15, 0.2) is 18.3 Å². The van der Waals surface area contributed by atoms with Gasteiger partial charge in [-0.2, -0.15) is 15.2 Å². The summed E-state index contributed by atoms with van der Waals surface area (Å²) in [6.45, 7) is 7.82. The number of methoxy groups -OCH3 is 1. The summed E-state index contributed by atoms with van der Waals surface area (Å²) in [7, 11) is 3.22. The van der Waals surface area contributed by atoms with Gasteiger partial charge in [-0.3, -0.25) is 4.90 Å². The summed E-state index contributed by atoms with van der Waals surface area (Å²) in [5, 5.41) is 9.34. The number of hydrogen-bond acceptors (Lipinski definition) is 8. The molecule has 3 atom stereocenters. The van der Waals surface area contributed by atoms with Gasteiger partial charge in [0.1, 0.15) is 23.6 Å². The van der Waals surface area contributed by atoms with Crippen molar-refractivity contribution < 1.29 is 9.13 Å². The molecule has 174 valence electrons. The topological polar surface area (TPSA) is 104 Å². The lowest BCUT2D eigenvalue weighted by Crippen LogP contribution is -2.28. The number of aromatic nitrogens is 3. The number of rotatable bonds is 6. The van der Waals surface area contributed by atoms with Crippen LogP contribution in [0.25, 0.3) is 0 Å². The van der Waals surface area contributed by atoms with Gasteiger partial charge in [-0.05, 0) is 32.4 Å². The van der Waals surface area contributed by atoms with Gasteiger partial charge in [-0.1, -0.05) is 31.5 Å². The summed E-state index contributed by atoms with van der Waals surface area (Å²) in [5.41, 5.74) is 6.91. The van der Waals surface area contributed by atoms with Gasteiger partial charge < -0.3 is 15.4 Å². The zero-order chi connectivity index (χ0) is 23.8. The van der Waals surface area contributed by atoms with E-state index in [1.54, 1.807) is 24.2 Å². The lowest BCUT2D eigenvalue weighted by atomic mass is 10.1. The van der Waals surface area contributed by atoms with Gasteiger partial charge in [-0.15, -0.1) is 0 Å². The zero-order valence-electron chi connectivity index (χ0n) is 19.2. The molecule has 2 N–H and O–H groups in total. The van der Waals surface area contributed by atoms with Crippen LogP contribution >= 0.6 is 11.6 Å². The Morgan fingerprint density at radius 1 is 1.44 bits per heavy atom. The molecular formula is C22H31ClFN7O. The van der Waals surface area contributed by atoms with Crippen molar-refractivity contribution in [3.05, 3.63) is 34.6 Å². The van der Waals surface area contributed by atoms with Crippen molar-refractivity contribution in [2.75, 3.05) is 37.9 Å². The molecular weight excluding hydrogens is 433 g/mol. The molecule has 1 saturated heterocycles. The fourth-order valence-electron chi connectivity index (χ4n) is 3.76. The van der Waals surface area contributed by atoms with Crippen LogP contribution in [0.3, 0.4) is 0 Å². The minimum atomic E-state index is -0.565. The Hall–Kier alpha value is -2.70. The Morgan fingerprint density at radius 3 is 2.69 bits per heavy atom. The van der Waals surface area contributed by atoms with Crippen LogP contribution in [0.2, 0.25) is 5.15 Å². The number of nitriles is 1. The molecule has 0 amide bonds. The number of anilines is 2. The zero-order valence-corrected chi connectivity index (χ0v) is 20.0. The molecule has 1 aliphatic heterocycles. The van der Waals surface area contributed by atoms with Crippen LogP contribution in [-0.4, -0.2) is 59.3 Å². The third kappa shape index (κ3) is 5.96. The second-order valence-corrected chi connectivity index (χ2v) is 7.92. The third-order valence-electron chi connectivity index (χ3n) is 5.71. The van der Waals surface area contributed by atoms with Crippen molar-refractivity contribution in [2.24, 2.45) is 0 Å². The number of ether oxygens (including phenoxy) is 1. The average molecular weight is 464 g/mol. The molecule has 0 aromatic carbocycles. The molecule has 1 fully saturated rings. The van der Waals surface area contributed by atoms with Crippen molar-refractivity contribution >= 4 is 23.2 Å². The van der Waals surface area contributed by atoms with E-state index in [4.69, 9.17) is 22.1 Å². The molecule has 0 spiro atoms. The van der Waals surface area contributed by atoms with Gasteiger partial charge in [0, 0.05) is 31.4 Å². The highest BCUT2D eigenvalue weighted by atomic mass is 35.5. The number of likely N-dealkylation sites (tertiary alicyclic amines) is 1. The highest BCUT2D eigenvalue weighted by Crippen LogP contribution is 2.32. The normalized spacial score (nSPS) is 18.9. The second kappa shape index (κ2) is 11.8. The number of nitrogens with zero attached hydrogens (tertiary/aromatic N) is 6. The van der Waals surface area contributed by atoms with Gasteiger partial charge >= 0.3 is 6.01 Å². The maximum Gasteiger partial charge on any atom is 0.319 e. The highest BCUT2D eigenvalue weighted by Gasteiger charge is 2.29. The van der Waals surface area contributed by atoms with E-state index in [0.29, 0.717) is 24.2 Å². The molecule has 2 aromatic rings. The van der Waals surface area contributed by atoms with E-state index in [0.717, 1.165) is 24.9 Å². The van der Waals surface area contributed by atoms with Crippen LogP contribution in [0.5, 0.6) is 6.01 Å². The molecule has 0 radical (unpaired) electrons. The van der Waals surface area contributed by atoms with Crippen LogP contribution < -0.4 is 15.4 Å². The fourth-order valence-corrected chi connectivity index (χ4v) is 3.96. The molecule has 1 unspecified atom stereocenters. The van der Waals surface area contributed by atoms with Crippen LogP contribution in [0.4, 0.5) is 16.0 Å². The number of alkyl halides is 1. The summed E-state index contributed by atoms with van der Waals surface area (Å²) in [6.07, 6.45) is 2.90. The first-order chi connectivity index (χ1) is 15.3. The molecule has 3 heterocycles. The average Bonchev–Trinajstić information content (AvgIpc) is 3.18. The summed E-state index contributed by atoms with van der Waals surface area (Å²) in [5.74, 6) is 0.794. The Morgan fingerprint density at radius 2 is 2.16 bits per heavy atom. The van der Waals surface area contributed by atoms with Crippen LogP contribution in [0.1, 0.15) is 50.8 Å². The smallest absolute Gasteiger partial charge is 0.319 e. The second-order valence-electron chi connectivity index (χ2n) is 7.56. The van der Waals surface area contributed by atoms with Gasteiger partial charge in [0.2, 0.25) is 0 Å². The summed E-state index contributed by atoms with van der Waals surface area (Å²) < 4.78 is 17.8. The maximum atomic E-state index is 12.8. The predicted octanol–water partition coefficient (Wildman–Crippen LogP) is 4.01.